The van der Waals surface area contributed by atoms with E-state index >= 15 is 0 Å². The summed E-state index contributed by atoms with van der Waals surface area (Å²) in [6.07, 6.45) is 5.01. The molecule has 2 heterocycles. The van der Waals surface area contributed by atoms with Gasteiger partial charge in [-0.15, -0.1) is 4.31 Å². The smallest absolute Gasteiger partial charge is 0.336 e. The molecule has 0 saturated heterocycles. The van der Waals surface area contributed by atoms with Crippen LogP contribution < -0.4 is 4.72 Å². The first kappa shape index (κ1) is 8.18. The van der Waals surface area contributed by atoms with E-state index in [1.165, 1.54) is 18.2 Å². The molecule has 0 bridgehead atoms. The minimum atomic E-state index is -0.392. The van der Waals surface area contributed by atoms with Crippen molar-refractivity contribution < 1.29 is 4.92 Å². The van der Waals surface area contributed by atoms with Crippen molar-refractivity contribution in [3.05, 3.63) is 45.6 Å². The van der Waals surface area contributed by atoms with E-state index in [9.17, 15) is 10.1 Å². The van der Waals surface area contributed by atoms with Gasteiger partial charge in [-0.05, 0) is 23.5 Å². The number of fused-ring (bicyclic) bond motifs is 1. The Balaban J connectivity index is 2.42. The van der Waals surface area contributed by atoms with Gasteiger partial charge in [0.25, 0.3) is 0 Å². The number of rotatable bonds is 1. The van der Waals surface area contributed by atoms with Crippen LogP contribution >= 0.6 is 12.1 Å². The lowest BCUT2D eigenvalue weighted by atomic mass is 10.1. The molecule has 0 aromatic rings. The third-order valence-electron chi connectivity index (χ3n) is 1.84. The zero-order chi connectivity index (χ0) is 9.42. The minimum absolute atomic E-state index is 0.0897. The van der Waals surface area contributed by atoms with Gasteiger partial charge in [0.05, 0.1) is 6.20 Å². The van der Waals surface area contributed by atoms with Crippen molar-refractivity contribution in [2.75, 3.05) is 0 Å². The van der Waals surface area contributed by atoms with Crippen LogP contribution in [0, 0.1) is 10.1 Å². The van der Waals surface area contributed by atoms with Crippen LogP contribution in [0.3, 0.4) is 0 Å². The zero-order valence-electron chi connectivity index (χ0n) is 6.85. The van der Waals surface area contributed by atoms with Gasteiger partial charge in [0, 0.05) is 6.08 Å². The topological polar surface area (TPSA) is 58.4 Å². The molecule has 2 rings (SSSR count). The second kappa shape index (κ2) is 2.81. The molecule has 0 aliphatic carbocycles. The normalized spacial score (nSPS) is 19.8. The monoisotopic (exact) mass is 197 g/mol. The molecule has 0 saturated carbocycles. The summed E-state index contributed by atoms with van der Waals surface area (Å²) in [4.78, 5) is 10.2. The van der Waals surface area contributed by atoms with Crippen LogP contribution in [0.2, 0.25) is 0 Å². The molecule has 0 amide bonds. The summed E-state index contributed by atoms with van der Waals surface area (Å²) in [5.74, 6) is 0.0897. The van der Waals surface area contributed by atoms with E-state index in [0.717, 1.165) is 11.3 Å². The zero-order valence-corrected chi connectivity index (χ0v) is 7.67. The molecule has 0 atom stereocenters. The average molecular weight is 197 g/mol. The van der Waals surface area contributed by atoms with Gasteiger partial charge >= 0.3 is 5.82 Å². The summed E-state index contributed by atoms with van der Waals surface area (Å²) in [7, 11) is 0. The number of allylic oxidation sites excluding steroid dienone is 3. The van der Waals surface area contributed by atoms with Crippen molar-refractivity contribution in [2.45, 2.75) is 6.92 Å². The van der Waals surface area contributed by atoms with Crippen LogP contribution in [0.1, 0.15) is 6.92 Å². The Kier molecular flexibility index (Phi) is 1.77. The van der Waals surface area contributed by atoms with Crippen molar-refractivity contribution in [3.63, 3.8) is 0 Å². The third kappa shape index (κ3) is 1.19. The van der Waals surface area contributed by atoms with E-state index in [4.69, 9.17) is 0 Å². The Hall–Kier alpha value is -1.43. The molecule has 0 fully saturated rings. The highest BCUT2D eigenvalue weighted by atomic mass is 32.2. The Morgan fingerprint density at radius 3 is 3.08 bits per heavy atom. The fraction of sp³-hybridized carbons (Fsp3) is 0.143. The van der Waals surface area contributed by atoms with E-state index < -0.39 is 4.92 Å². The number of nitro groups is 1. The van der Waals surface area contributed by atoms with Crippen LogP contribution in [-0.2, 0) is 0 Å². The molecule has 13 heavy (non-hydrogen) atoms. The highest BCUT2D eigenvalue weighted by molar-refractivity contribution is 7.95. The number of nitrogens with zero attached hydrogens (tertiary/aromatic N) is 2. The van der Waals surface area contributed by atoms with Gasteiger partial charge in [-0.1, -0.05) is 0 Å². The maximum absolute atomic E-state index is 10.6. The summed E-state index contributed by atoms with van der Waals surface area (Å²) in [5.41, 5.74) is 1.86. The lowest BCUT2D eigenvalue weighted by Crippen LogP contribution is -2.21. The van der Waals surface area contributed by atoms with Crippen molar-refractivity contribution in [2.24, 2.45) is 0 Å². The standard InChI is InChI=1S/C7H7N3O2S/c1-5-2-3-7(10(11)12)9-6(5)4-8-13-9/h2-4,8H,1H3. The van der Waals surface area contributed by atoms with Gasteiger partial charge in [-0.2, -0.15) is 0 Å². The predicted molar refractivity (Wildman–Crippen MR) is 49.5 cm³/mol. The van der Waals surface area contributed by atoms with Crippen LogP contribution in [0.25, 0.3) is 0 Å². The molecule has 0 aromatic carbocycles. The summed E-state index contributed by atoms with van der Waals surface area (Å²) >= 11 is 1.21. The van der Waals surface area contributed by atoms with Gasteiger partial charge in [-0.25, -0.2) is 0 Å². The molecule has 0 radical (unpaired) electrons. The van der Waals surface area contributed by atoms with Gasteiger partial charge in [0.2, 0.25) is 0 Å². The molecular weight excluding hydrogens is 190 g/mol. The Morgan fingerprint density at radius 1 is 1.62 bits per heavy atom. The quantitative estimate of drug-likeness (QED) is 0.391. The molecule has 68 valence electrons. The Bertz CT molecular complexity index is 359. The SMILES string of the molecule is CC1=CC=C([N+](=O)[O-])N2SNC=C12. The van der Waals surface area contributed by atoms with Crippen LogP contribution in [0.15, 0.2) is 35.4 Å². The molecule has 0 aromatic heterocycles. The maximum Gasteiger partial charge on any atom is 0.336 e. The van der Waals surface area contributed by atoms with Gasteiger partial charge < -0.3 is 10.1 Å². The van der Waals surface area contributed by atoms with Crippen LogP contribution in [0.5, 0.6) is 0 Å². The third-order valence-corrected chi connectivity index (χ3v) is 2.63. The molecular formula is C7H7N3O2S. The van der Waals surface area contributed by atoms with Crippen molar-refractivity contribution in [1.82, 2.24) is 9.03 Å². The van der Waals surface area contributed by atoms with Crippen molar-refractivity contribution in [3.8, 4) is 0 Å². The first-order chi connectivity index (χ1) is 6.20. The Labute approximate surface area is 79.2 Å². The highest BCUT2D eigenvalue weighted by Crippen LogP contribution is 2.34. The number of hydrogen-bond donors (Lipinski definition) is 1. The largest absolute Gasteiger partial charge is 0.358 e. The molecule has 0 spiro atoms. The van der Waals surface area contributed by atoms with E-state index in [-0.39, 0.29) is 5.82 Å². The van der Waals surface area contributed by atoms with Crippen molar-refractivity contribution in [1.29, 1.82) is 0 Å². The summed E-state index contributed by atoms with van der Waals surface area (Å²) < 4.78 is 4.44. The van der Waals surface area contributed by atoms with Crippen LogP contribution in [-0.4, -0.2) is 9.23 Å². The summed E-state index contributed by atoms with van der Waals surface area (Å²) in [6.45, 7) is 1.92. The average Bonchev–Trinajstić information content (AvgIpc) is 2.53. The van der Waals surface area contributed by atoms with Gasteiger partial charge in [0.1, 0.15) is 0 Å². The van der Waals surface area contributed by atoms with Crippen molar-refractivity contribution >= 4 is 12.1 Å². The molecule has 6 heteroatoms. The van der Waals surface area contributed by atoms with Crippen LogP contribution in [0.4, 0.5) is 0 Å². The molecule has 0 unspecified atom stereocenters. The second-order valence-electron chi connectivity index (χ2n) is 2.66. The fourth-order valence-electron chi connectivity index (χ4n) is 1.17. The number of hydrogen-bond acceptors (Lipinski definition) is 5. The molecule has 1 N–H and O–H groups in total. The minimum Gasteiger partial charge on any atom is -0.358 e. The second-order valence-corrected chi connectivity index (χ2v) is 3.45. The van der Waals surface area contributed by atoms with E-state index in [1.54, 1.807) is 16.6 Å². The first-order valence-electron chi connectivity index (χ1n) is 3.66. The summed E-state index contributed by atoms with van der Waals surface area (Å²) in [5, 5.41) is 10.6. The van der Waals surface area contributed by atoms with Gasteiger partial charge in [0.15, 0.2) is 17.8 Å². The number of nitrogens with one attached hydrogen (secondary N) is 1. The lowest BCUT2D eigenvalue weighted by Gasteiger charge is -2.15. The maximum atomic E-state index is 10.6. The van der Waals surface area contributed by atoms with E-state index in [1.807, 2.05) is 6.92 Å². The lowest BCUT2D eigenvalue weighted by molar-refractivity contribution is -0.438. The van der Waals surface area contributed by atoms with Gasteiger partial charge in [-0.3, -0.25) is 4.72 Å². The molecule has 5 nitrogen and oxygen atoms in total. The predicted octanol–water partition coefficient (Wildman–Crippen LogP) is 1.37. The van der Waals surface area contributed by atoms with E-state index in [0.29, 0.717) is 0 Å². The molecule has 2 aliphatic heterocycles. The first-order valence-corrected chi connectivity index (χ1v) is 4.43. The highest BCUT2D eigenvalue weighted by Gasteiger charge is 2.34. The fourth-order valence-corrected chi connectivity index (χ4v) is 1.96. The summed E-state index contributed by atoms with van der Waals surface area (Å²) in [6, 6.07) is 0. The van der Waals surface area contributed by atoms with E-state index in [2.05, 4.69) is 4.72 Å². The molecule has 2 aliphatic rings. The Morgan fingerprint density at radius 2 is 2.38 bits per heavy atom.